The smallest absolute Gasteiger partial charge is 0.251 e. The molecule has 0 bridgehead atoms. The lowest BCUT2D eigenvalue weighted by Crippen LogP contribution is -2.18. The molecule has 0 aliphatic rings. The number of nitrogens with zero attached hydrogens (tertiary/aromatic N) is 3. The highest BCUT2D eigenvalue weighted by Crippen LogP contribution is 2.26. The topological polar surface area (TPSA) is 103 Å². The Morgan fingerprint density at radius 1 is 1.00 bits per heavy atom. The molecule has 2 heterocycles. The molecule has 7 nitrogen and oxygen atoms in total. The van der Waals surface area contributed by atoms with Crippen LogP contribution in [0.1, 0.15) is 21.7 Å². The number of carbonyl (C=O) groups is 2. The van der Waals surface area contributed by atoms with Crippen molar-refractivity contribution >= 4 is 39.9 Å². The quantitative estimate of drug-likeness (QED) is 0.399. The number of hydrogen-bond acceptors (Lipinski definition) is 6. The first kappa shape index (κ1) is 20.8. The highest BCUT2D eigenvalue weighted by molar-refractivity contribution is 7.99. The zero-order chi connectivity index (χ0) is 21.6. The van der Waals surface area contributed by atoms with Gasteiger partial charge in [0.25, 0.3) is 5.91 Å². The second-order valence-electron chi connectivity index (χ2n) is 6.60. The summed E-state index contributed by atoms with van der Waals surface area (Å²) in [5, 5.41) is 14.2. The predicted molar refractivity (Wildman–Crippen MR) is 123 cm³/mol. The van der Waals surface area contributed by atoms with Gasteiger partial charge in [-0.1, -0.05) is 60.3 Å². The fourth-order valence-electron chi connectivity index (χ4n) is 3.02. The molecule has 0 spiro atoms. The van der Waals surface area contributed by atoms with E-state index in [4.69, 9.17) is 5.73 Å². The molecule has 2 amide bonds. The number of nitrogens with two attached hydrogens (primary N) is 1. The van der Waals surface area contributed by atoms with Crippen LogP contribution in [0, 0.1) is 0 Å². The van der Waals surface area contributed by atoms with Crippen molar-refractivity contribution in [2.45, 2.75) is 11.6 Å². The van der Waals surface area contributed by atoms with E-state index in [1.54, 1.807) is 11.4 Å². The van der Waals surface area contributed by atoms with Crippen molar-refractivity contribution in [1.29, 1.82) is 0 Å². The van der Waals surface area contributed by atoms with Crippen LogP contribution in [0.5, 0.6) is 0 Å². The van der Waals surface area contributed by atoms with Crippen LogP contribution >= 0.6 is 23.1 Å². The third-order valence-corrected chi connectivity index (χ3v) is 6.19. The molecule has 156 valence electrons. The van der Waals surface area contributed by atoms with Crippen molar-refractivity contribution in [1.82, 2.24) is 14.8 Å². The first-order valence-electron chi connectivity index (χ1n) is 9.45. The monoisotopic (exact) mass is 449 g/mol. The van der Waals surface area contributed by atoms with Gasteiger partial charge in [0.05, 0.1) is 11.3 Å². The van der Waals surface area contributed by atoms with Crippen LogP contribution in [0.4, 0.5) is 5.00 Å². The maximum Gasteiger partial charge on any atom is 0.251 e. The Bertz CT molecular complexity index is 1190. The van der Waals surface area contributed by atoms with Crippen LogP contribution in [0.3, 0.4) is 0 Å². The summed E-state index contributed by atoms with van der Waals surface area (Å²) in [4.78, 5) is 23.9. The van der Waals surface area contributed by atoms with Gasteiger partial charge in [0, 0.05) is 12.1 Å². The minimum absolute atomic E-state index is 0.117. The van der Waals surface area contributed by atoms with Crippen molar-refractivity contribution in [3.63, 3.8) is 0 Å². The molecule has 0 aliphatic heterocycles. The molecule has 0 fully saturated rings. The standard InChI is InChI=1S/C22H19N5O2S2/c23-20(29)17-11-12-30-21(17)24-19(28)14-31-22-26-25-18(13-15-7-3-1-4-8-15)27(22)16-9-5-2-6-10-16/h1-12H,13-14H2,(H2,23,29)(H,24,28). The zero-order valence-corrected chi connectivity index (χ0v) is 18.0. The molecule has 0 saturated carbocycles. The number of thioether (sulfide) groups is 1. The molecule has 2 aromatic heterocycles. The van der Waals surface area contributed by atoms with Gasteiger partial charge in [-0.2, -0.15) is 0 Å². The van der Waals surface area contributed by atoms with Gasteiger partial charge in [-0.3, -0.25) is 14.2 Å². The maximum atomic E-state index is 12.5. The SMILES string of the molecule is NC(=O)c1ccsc1NC(=O)CSc1nnc(Cc2ccccc2)n1-c1ccccc1. The third kappa shape index (κ3) is 5.01. The molecule has 4 rings (SSSR count). The Balaban J connectivity index is 1.53. The van der Waals surface area contributed by atoms with Crippen molar-refractivity contribution in [2.75, 3.05) is 11.1 Å². The van der Waals surface area contributed by atoms with Crippen molar-refractivity contribution in [2.24, 2.45) is 5.73 Å². The molecule has 0 unspecified atom stereocenters. The number of primary amides is 1. The van der Waals surface area contributed by atoms with Crippen LogP contribution < -0.4 is 11.1 Å². The van der Waals surface area contributed by atoms with Gasteiger partial charge in [-0.05, 0) is 29.1 Å². The van der Waals surface area contributed by atoms with E-state index in [1.807, 2.05) is 65.2 Å². The molecule has 31 heavy (non-hydrogen) atoms. The molecule has 0 radical (unpaired) electrons. The Morgan fingerprint density at radius 2 is 1.71 bits per heavy atom. The molecule has 2 aromatic carbocycles. The second kappa shape index (κ2) is 9.59. The molecular formula is C22H19N5O2S2. The summed E-state index contributed by atoms with van der Waals surface area (Å²) in [5.41, 5.74) is 7.70. The largest absolute Gasteiger partial charge is 0.366 e. The van der Waals surface area contributed by atoms with Gasteiger partial charge < -0.3 is 11.1 Å². The molecule has 4 aromatic rings. The van der Waals surface area contributed by atoms with E-state index in [9.17, 15) is 9.59 Å². The number of amides is 2. The van der Waals surface area contributed by atoms with Crippen LogP contribution in [-0.4, -0.2) is 32.3 Å². The van der Waals surface area contributed by atoms with E-state index >= 15 is 0 Å². The summed E-state index contributed by atoms with van der Waals surface area (Å²) >= 11 is 2.54. The number of nitrogens with one attached hydrogen (secondary N) is 1. The fourth-order valence-corrected chi connectivity index (χ4v) is 4.60. The lowest BCUT2D eigenvalue weighted by molar-refractivity contribution is -0.113. The molecule has 0 aliphatic carbocycles. The van der Waals surface area contributed by atoms with Gasteiger partial charge in [0.15, 0.2) is 5.16 Å². The van der Waals surface area contributed by atoms with Crippen molar-refractivity contribution < 1.29 is 9.59 Å². The molecule has 0 atom stereocenters. The van der Waals surface area contributed by atoms with Gasteiger partial charge in [-0.15, -0.1) is 21.5 Å². The number of aromatic nitrogens is 3. The summed E-state index contributed by atoms with van der Waals surface area (Å²) in [5.74, 6) is 0.0854. The Hall–Kier alpha value is -3.43. The second-order valence-corrected chi connectivity index (χ2v) is 8.46. The Morgan fingerprint density at radius 3 is 2.42 bits per heavy atom. The molecule has 0 saturated heterocycles. The van der Waals surface area contributed by atoms with Crippen molar-refractivity contribution in [3.8, 4) is 5.69 Å². The van der Waals surface area contributed by atoms with E-state index in [1.165, 1.54) is 23.1 Å². The van der Waals surface area contributed by atoms with Gasteiger partial charge in [0.2, 0.25) is 5.91 Å². The highest BCUT2D eigenvalue weighted by atomic mass is 32.2. The molecule has 9 heteroatoms. The minimum atomic E-state index is -0.571. The van der Waals surface area contributed by atoms with Crippen LogP contribution in [0.2, 0.25) is 0 Å². The lowest BCUT2D eigenvalue weighted by Gasteiger charge is -2.10. The number of benzene rings is 2. The summed E-state index contributed by atoms with van der Waals surface area (Å²) in [6.45, 7) is 0. The number of thiophene rings is 1. The zero-order valence-electron chi connectivity index (χ0n) is 16.4. The van der Waals surface area contributed by atoms with E-state index in [0.29, 0.717) is 22.1 Å². The molecular weight excluding hydrogens is 430 g/mol. The summed E-state index contributed by atoms with van der Waals surface area (Å²) in [7, 11) is 0. The van der Waals surface area contributed by atoms with Crippen molar-refractivity contribution in [3.05, 3.63) is 89.1 Å². The number of carbonyl (C=O) groups excluding carboxylic acids is 2. The van der Waals surface area contributed by atoms with Crippen LogP contribution in [0.15, 0.2) is 77.3 Å². The minimum Gasteiger partial charge on any atom is -0.366 e. The first-order chi connectivity index (χ1) is 15.1. The third-order valence-electron chi connectivity index (χ3n) is 4.44. The van der Waals surface area contributed by atoms with Crippen LogP contribution in [-0.2, 0) is 11.2 Å². The Labute approximate surface area is 187 Å². The highest BCUT2D eigenvalue weighted by Gasteiger charge is 2.17. The number of anilines is 1. The normalized spacial score (nSPS) is 10.7. The Kier molecular flexibility index (Phi) is 6.44. The lowest BCUT2D eigenvalue weighted by atomic mass is 10.1. The van der Waals surface area contributed by atoms with Gasteiger partial charge in [-0.25, -0.2) is 0 Å². The fraction of sp³-hybridized carbons (Fsp3) is 0.0909. The summed E-state index contributed by atoms with van der Waals surface area (Å²) in [6.07, 6.45) is 0.618. The molecule has 3 N–H and O–H groups in total. The van der Waals surface area contributed by atoms with E-state index in [0.717, 1.165) is 17.1 Å². The number of rotatable bonds is 8. The van der Waals surface area contributed by atoms with E-state index < -0.39 is 5.91 Å². The van der Waals surface area contributed by atoms with E-state index in [2.05, 4.69) is 15.5 Å². The number of para-hydroxylation sites is 1. The predicted octanol–water partition coefficient (Wildman–Crippen LogP) is 3.75. The van der Waals surface area contributed by atoms with Gasteiger partial charge >= 0.3 is 0 Å². The van der Waals surface area contributed by atoms with E-state index in [-0.39, 0.29) is 11.7 Å². The number of hydrogen-bond donors (Lipinski definition) is 2. The first-order valence-corrected chi connectivity index (χ1v) is 11.3. The van der Waals surface area contributed by atoms with Gasteiger partial charge in [0.1, 0.15) is 10.8 Å². The summed E-state index contributed by atoms with van der Waals surface area (Å²) < 4.78 is 1.96. The van der Waals surface area contributed by atoms with Crippen LogP contribution in [0.25, 0.3) is 5.69 Å². The average Bonchev–Trinajstić information content (AvgIpc) is 3.40. The summed E-state index contributed by atoms with van der Waals surface area (Å²) in [6, 6.07) is 21.4. The average molecular weight is 450 g/mol. The maximum absolute atomic E-state index is 12.5.